The summed E-state index contributed by atoms with van der Waals surface area (Å²) < 4.78 is 0. The zero-order chi connectivity index (χ0) is 18.4. The molecular formula is C22H22ClN2O+. The first-order chi connectivity index (χ1) is 12.6. The van der Waals surface area contributed by atoms with Gasteiger partial charge in [0.05, 0.1) is 7.05 Å². The highest BCUT2D eigenvalue weighted by atomic mass is 35.5. The van der Waals surface area contributed by atoms with Crippen LogP contribution in [0.5, 0.6) is 0 Å². The molecule has 0 aliphatic rings. The van der Waals surface area contributed by atoms with Gasteiger partial charge in [0.1, 0.15) is 13.1 Å². The summed E-state index contributed by atoms with van der Waals surface area (Å²) in [6, 6.07) is 25.2. The lowest BCUT2D eigenvalue weighted by atomic mass is 10.1. The van der Waals surface area contributed by atoms with Crippen LogP contribution in [0.3, 0.4) is 0 Å². The Kier molecular flexibility index (Phi) is 6.05. The number of para-hydroxylation sites is 1. The highest BCUT2D eigenvalue weighted by molar-refractivity contribution is 6.31. The smallest absolute Gasteiger partial charge is 0.255 e. The molecule has 3 aromatic rings. The van der Waals surface area contributed by atoms with E-state index in [0.717, 1.165) is 29.4 Å². The number of amides is 1. The van der Waals surface area contributed by atoms with Crippen LogP contribution in [-0.2, 0) is 13.1 Å². The molecular weight excluding hydrogens is 344 g/mol. The third-order valence-electron chi connectivity index (χ3n) is 4.20. The van der Waals surface area contributed by atoms with Gasteiger partial charge in [-0.1, -0.05) is 60.1 Å². The summed E-state index contributed by atoms with van der Waals surface area (Å²) in [5.74, 6) is -0.0977. The van der Waals surface area contributed by atoms with Gasteiger partial charge in [0, 0.05) is 27.4 Å². The Morgan fingerprint density at radius 2 is 1.54 bits per heavy atom. The largest absolute Gasteiger partial charge is 0.330 e. The Bertz CT molecular complexity index is 863. The molecule has 1 atom stereocenters. The van der Waals surface area contributed by atoms with Crippen LogP contribution in [0.15, 0.2) is 78.9 Å². The second kappa shape index (κ2) is 8.65. The van der Waals surface area contributed by atoms with Gasteiger partial charge >= 0.3 is 0 Å². The molecule has 0 aromatic heterocycles. The first-order valence-electron chi connectivity index (χ1n) is 8.62. The summed E-state index contributed by atoms with van der Waals surface area (Å²) in [5.41, 5.74) is 3.78. The van der Waals surface area contributed by atoms with Crippen LogP contribution in [0, 0.1) is 0 Å². The Morgan fingerprint density at radius 3 is 2.23 bits per heavy atom. The van der Waals surface area contributed by atoms with Crippen LogP contribution in [0.25, 0.3) is 0 Å². The molecule has 0 saturated heterocycles. The van der Waals surface area contributed by atoms with E-state index in [1.165, 1.54) is 10.5 Å². The maximum atomic E-state index is 12.3. The van der Waals surface area contributed by atoms with Crippen molar-refractivity contribution in [3.63, 3.8) is 0 Å². The summed E-state index contributed by atoms with van der Waals surface area (Å²) in [4.78, 5) is 13.6. The van der Waals surface area contributed by atoms with E-state index >= 15 is 0 Å². The minimum absolute atomic E-state index is 0.0977. The fourth-order valence-electron chi connectivity index (χ4n) is 2.88. The maximum Gasteiger partial charge on any atom is 0.255 e. The summed E-state index contributed by atoms with van der Waals surface area (Å²) in [6.45, 7) is 1.72. The van der Waals surface area contributed by atoms with E-state index in [1.54, 1.807) is 0 Å². The second-order valence-corrected chi connectivity index (χ2v) is 6.83. The zero-order valence-electron chi connectivity index (χ0n) is 14.7. The predicted molar refractivity (Wildman–Crippen MR) is 107 cm³/mol. The first-order valence-corrected chi connectivity index (χ1v) is 8.99. The molecule has 2 N–H and O–H groups in total. The molecule has 0 spiro atoms. The van der Waals surface area contributed by atoms with Crippen LogP contribution in [0.4, 0.5) is 5.69 Å². The third kappa shape index (κ3) is 4.94. The van der Waals surface area contributed by atoms with Crippen molar-refractivity contribution in [1.29, 1.82) is 0 Å². The summed E-state index contributed by atoms with van der Waals surface area (Å²) in [7, 11) is 2.14. The molecule has 0 saturated carbocycles. The van der Waals surface area contributed by atoms with E-state index in [-0.39, 0.29) is 5.91 Å². The van der Waals surface area contributed by atoms with Gasteiger partial charge in [-0.05, 0) is 30.3 Å². The number of carbonyl (C=O) groups is 1. The van der Waals surface area contributed by atoms with E-state index in [2.05, 4.69) is 18.4 Å². The number of rotatable bonds is 6. The lowest BCUT2D eigenvalue weighted by molar-refractivity contribution is -0.907. The number of carbonyl (C=O) groups excluding carboxylic acids is 1. The van der Waals surface area contributed by atoms with Gasteiger partial charge in [0.2, 0.25) is 0 Å². The van der Waals surface area contributed by atoms with E-state index in [4.69, 9.17) is 11.6 Å². The predicted octanol–water partition coefficient (Wildman–Crippen LogP) is 3.81. The summed E-state index contributed by atoms with van der Waals surface area (Å²) in [6.07, 6.45) is 0. The van der Waals surface area contributed by atoms with Gasteiger partial charge in [-0.15, -0.1) is 0 Å². The van der Waals surface area contributed by atoms with Gasteiger partial charge in [-0.2, -0.15) is 0 Å². The molecule has 0 fully saturated rings. The second-order valence-electron chi connectivity index (χ2n) is 6.42. The molecule has 0 aliphatic heterocycles. The lowest BCUT2D eigenvalue weighted by Crippen LogP contribution is -3.06. The molecule has 1 unspecified atom stereocenters. The summed E-state index contributed by atoms with van der Waals surface area (Å²) >= 11 is 6.24. The van der Waals surface area contributed by atoms with E-state index in [0.29, 0.717) is 5.56 Å². The van der Waals surface area contributed by atoms with Crippen molar-refractivity contribution >= 4 is 23.2 Å². The standard InChI is InChI=1S/C22H21ClN2O/c1-25(16-19-7-5-6-10-21(19)23)15-17-11-13-18(14-12-17)22(26)24-20-8-3-2-4-9-20/h2-14H,15-16H2,1H3,(H,24,26)/p+1. The van der Waals surface area contributed by atoms with Gasteiger partial charge < -0.3 is 10.2 Å². The number of benzene rings is 3. The van der Waals surface area contributed by atoms with Crippen molar-refractivity contribution in [2.75, 3.05) is 12.4 Å². The number of quaternary nitrogens is 1. The molecule has 3 aromatic carbocycles. The minimum Gasteiger partial charge on any atom is -0.330 e. The van der Waals surface area contributed by atoms with E-state index in [1.807, 2.05) is 72.8 Å². The van der Waals surface area contributed by atoms with E-state index < -0.39 is 0 Å². The normalized spacial score (nSPS) is 11.8. The van der Waals surface area contributed by atoms with Gasteiger partial charge in [0.25, 0.3) is 5.91 Å². The maximum absolute atomic E-state index is 12.3. The Morgan fingerprint density at radius 1 is 0.885 bits per heavy atom. The van der Waals surface area contributed by atoms with Gasteiger partial charge in [-0.3, -0.25) is 4.79 Å². The molecule has 4 heteroatoms. The van der Waals surface area contributed by atoms with Crippen molar-refractivity contribution in [2.24, 2.45) is 0 Å². The molecule has 132 valence electrons. The lowest BCUT2D eigenvalue weighted by Gasteiger charge is -2.15. The van der Waals surface area contributed by atoms with Crippen molar-refractivity contribution in [2.45, 2.75) is 13.1 Å². The van der Waals surface area contributed by atoms with E-state index in [9.17, 15) is 4.79 Å². The SMILES string of the molecule is C[NH+](Cc1ccc(C(=O)Nc2ccccc2)cc1)Cc1ccccc1Cl. The van der Waals surface area contributed by atoms with Crippen molar-refractivity contribution in [3.05, 3.63) is 101 Å². The average molecular weight is 366 g/mol. The summed E-state index contributed by atoms with van der Waals surface area (Å²) in [5, 5.41) is 3.70. The average Bonchev–Trinajstić information content (AvgIpc) is 2.65. The zero-order valence-corrected chi connectivity index (χ0v) is 15.5. The quantitative estimate of drug-likeness (QED) is 0.684. The third-order valence-corrected chi connectivity index (χ3v) is 4.57. The number of anilines is 1. The molecule has 0 aliphatic carbocycles. The van der Waals surface area contributed by atoms with Crippen LogP contribution < -0.4 is 10.2 Å². The molecule has 1 amide bonds. The van der Waals surface area contributed by atoms with Crippen LogP contribution in [0.2, 0.25) is 5.02 Å². The van der Waals surface area contributed by atoms with Crippen LogP contribution >= 0.6 is 11.6 Å². The fraction of sp³-hybridized carbons (Fsp3) is 0.136. The van der Waals surface area contributed by atoms with Crippen molar-refractivity contribution in [1.82, 2.24) is 0 Å². The number of hydrogen-bond donors (Lipinski definition) is 2. The van der Waals surface area contributed by atoms with Crippen LogP contribution in [-0.4, -0.2) is 13.0 Å². The van der Waals surface area contributed by atoms with Crippen molar-refractivity contribution < 1.29 is 9.69 Å². The number of nitrogens with one attached hydrogen (secondary N) is 2. The van der Waals surface area contributed by atoms with Gasteiger partial charge in [0.15, 0.2) is 0 Å². The fourth-order valence-corrected chi connectivity index (χ4v) is 3.08. The Hall–Kier alpha value is -2.62. The molecule has 26 heavy (non-hydrogen) atoms. The Labute approximate surface area is 159 Å². The monoisotopic (exact) mass is 365 g/mol. The molecule has 0 radical (unpaired) electrons. The number of hydrogen-bond acceptors (Lipinski definition) is 1. The van der Waals surface area contributed by atoms with Crippen LogP contribution in [0.1, 0.15) is 21.5 Å². The number of halogens is 1. The minimum atomic E-state index is -0.0977. The highest BCUT2D eigenvalue weighted by Crippen LogP contribution is 2.14. The Balaban J connectivity index is 1.59. The highest BCUT2D eigenvalue weighted by Gasteiger charge is 2.10. The van der Waals surface area contributed by atoms with Crippen molar-refractivity contribution in [3.8, 4) is 0 Å². The molecule has 0 bridgehead atoms. The van der Waals surface area contributed by atoms with Gasteiger partial charge in [-0.25, -0.2) is 0 Å². The molecule has 0 heterocycles. The topological polar surface area (TPSA) is 33.5 Å². The molecule has 3 rings (SSSR count). The first kappa shape index (κ1) is 18.2. The molecule has 3 nitrogen and oxygen atoms in total.